The van der Waals surface area contributed by atoms with Crippen molar-refractivity contribution in [3.05, 3.63) is 40.3 Å². The second-order valence-electron chi connectivity index (χ2n) is 6.86. The Labute approximate surface area is 222 Å². The van der Waals surface area contributed by atoms with Gasteiger partial charge in [-0.15, -0.1) is 12.3 Å². The van der Waals surface area contributed by atoms with E-state index in [0.717, 1.165) is 29.8 Å². The minimum atomic E-state index is -0.123. The summed E-state index contributed by atoms with van der Waals surface area (Å²) in [5, 5.41) is 9.19. The molecular formula is C28H40ClN5O2. The van der Waals surface area contributed by atoms with Gasteiger partial charge in [0.2, 0.25) is 5.28 Å². The van der Waals surface area contributed by atoms with E-state index in [9.17, 15) is 4.79 Å². The summed E-state index contributed by atoms with van der Waals surface area (Å²) < 4.78 is 4.55. The highest BCUT2D eigenvalue weighted by molar-refractivity contribution is 6.28. The maximum absolute atomic E-state index is 10.2. The average Bonchev–Trinajstić information content (AvgIpc) is 2.89. The van der Waals surface area contributed by atoms with Crippen LogP contribution >= 0.6 is 11.6 Å². The SMILES string of the molecule is C#CCC.CC.CCC=Nc1c(C)nc(Cl)nc1N(C)c1ccc(C#N)cc1C.CCOC(=O)CC. The highest BCUT2D eigenvalue weighted by Gasteiger charge is 2.17. The molecule has 0 radical (unpaired) electrons. The first-order chi connectivity index (χ1) is 17.2. The largest absolute Gasteiger partial charge is 0.466 e. The van der Waals surface area contributed by atoms with Crippen molar-refractivity contribution < 1.29 is 9.53 Å². The van der Waals surface area contributed by atoms with Crippen molar-refractivity contribution in [2.24, 2.45) is 4.99 Å². The van der Waals surface area contributed by atoms with E-state index < -0.39 is 0 Å². The Morgan fingerprint density at radius 2 is 1.83 bits per heavy atom. The molecule has 2 rings (SSSR count). The molecule has 0 fully saturated rings. The van der Waals surface area contributed by atoms with Crippen LogP contribution in [0.3, 0.4) is 0 Å². The van der Waals surface area contributed by atoms with Crippen molar-refractivity contribution >= 4 is 41.0 Å². The molecule has 0 amide bonds. The lowest BCUT2D eigenvalue weighted by Crippen LogP contribution is -2.14. The number of hydrogen-bond acceptors (Lipinski definition) is 7. The molecule has 0 spiro atoms. The van der Waals surface area contributed by atoms with Crippen LogP contribution in [0.4, 0.5) is 17.2 Å². The quantitative estimate of drug-likeness (QED) is 0.172. The summed E-state index contributed by atoms with van der Waals surface area (Å²) in [6.07, 6.45) is 8.75. The van der Waals surface area contributed by atoms with Crippen molar-refractivity contribution in [2.45, 2.75) is 74.7 Å². The van der Waals surface area contributed by atoms with Crippen LogP contribution in [0.25, 0.3) is 0 Å². The van der Waals surface area contributed by atoms with Gasteiger partial charge in [0.1, 0.15) is 5.69 Å². The Hall–Kier alpha value is -3.42. The van der Waals surface area contributed by atoms with Gasteiger partial charge >= 0.3 is 5.97 Å². The number of halogens is 1. The van der Waals surface area contributed by atoms with Gasteiger partial charge in [-0.1, -0.05) is 34.6 Å². The zero-order chi connectivity index (χ0) is 28.1. The van der Waals surface area contributed by atoms with Crippen LogP contribution in [0.5, 0.6) is 0 Å². The van der Waals surface area contributed by atoms with E-state index in [4.69, 9.17) is 23.3 Å². The molecule has 1 heterocycles. The number of anilines is 2. The molecule has 0 saturated heterocycles. The lowest BCUT2D eigenvalue weighted by Gasteiger charge is -2.22. The summed E-state index contributed by atoms with van der Waals surface area (Å²) in [5.74, 6) is 2.95. The first-order valence-corrected chi connectivity index (χ1v) is 12.5. The van der Waals surface area contributed by atoms with Gasteiger partial charge in [-0.05, 0) is 62.6 Å². The van der Waals surface area contributed by atoms with E-state index in [1.54, 1.807) is 19.9 Å². The fourth-order valence-electron chi connectivity index (χ4n) is 2.56. The Balaban J connectivity index is 0. The number of carbonyl (C=O) groups excluding carboxylic acids is 1. The van der Waals surface area contributed by atoms with Crippen molar-refractivity contribution in [2.75, 3.05) is 18.6 Å². The Kier molecular flexibility index (Phi) is 20.2. The van der Waals surface area contributed by atoms with Crippen molar-refractivity contribution in [3.63, 3.8) is 0 Å². The van der Waals surface area contributed by atoms with Crippen LogP contribution in [-0.2, 0) is 9.53 Å². The zero-order valence-electron chi connectivity index (χ0n) is 23.1. The van der Waals surface area contributed by atoms with Crippen molar-refractivity contribution in [1.82, 2.24) is 9.97 Å². The molecule has 0 aliphatic rings. The van der Waals surface area contributed by atoms with Crippen molar-refractivity contribution in [1.29, 1.82) is 5.26 Å². The summed E-state index contributed by atoms with van der Waals surface area (Å²) in [4.78, 5) is 25.1. The molecule has 0 saturated carbocycles. The molecular weight excluding hydrogens is 474 g/mol. The van der Waals surface area contributed by atoms with Gasteiger partial charge in [0.15, 0.2) is 5.82 Å². The number of benzene rings is 1. The number of carbonyl (C=O) groups is 1. The monoisotopic (exact) mass is 513 g/mol. The third kappa shape index (κ3) is 12.9. The van der Waals surface area contributed by atoms with Gasteiger partial charge in [-0.3, -0.25) is 9.79 Å². The highest BCUT2D eigenvalue weighted by atomic mass is 35.5. The molecule has 1 aromatic carbocycles. The number of nitrogens with zero attached hydrogens (tertiary/aromatic N) is 5. The van der Waals surface area contributed by atoms with Crippen molar-refractivity contribution in [3.8, 4) is 18.4 Å². The first kappa shape index (κ1) is 34.7. The fraction of sp³-hybridized carbons (Fsp3) is 0.464. The van der Waals surface area contributed by atoms with Crippen LogP contribution in [0, 0.1) is 37.5 Å². The number of terminal acetylenes is 1. The van der Waals surface area contributed by atoms with Gasteiger partial charge in [-0.25, -0.2) is 4.98 Å². The molecule has 0 unspecified atom stereocenters. The maximum atomic E-state index is 10.2. The van der Waals surface area contributed by atoms with Gasteiger partial charge in [0.05, 0.1) is 23.9 Å². The van der Waals surface area contributed by atoms with Crippen LogP contribution in [0.1, 0.15) is 77.6 Å². The van der Waals surface area contributed by atoms with E-state index in [1.165, 1.54) is 0 Å². The molecule has 0 aliphatic heterocycles. The van der Waals surface area contributed by atoms with E-state index in [-0.39, 0.29) is 11.3 Å². The van der Waals surface area contributed by atoms with Gasteiger partial charge in [0, 0.05) is 31.8 Å². The topological polar surface area (TPSA) is 91.5 Å². The maximum Gasteiger partial charge on any atom is 0.305 e. The molecule has 8 heteroatoms. The Bertz CT molecular complexity index is 1040. The van der Waals surface area contributed by atoms with E-state index >= 15 is 0 Å². The third-order valence-corrected chi connectivity index (χ3v) is 4.39. The number of rotatable bonds is 6. The van der Waals surface area contributed by atoms with Gasteiger partial charge < -0.3 is 9.64 Å². The molecule has 196 valence electrons. The van der Waals surface area contributed by atoms with E-state index in [0.29, 0.717) is 30.1 Å². The second-order valence-corrected chi connectivity index (χ2v) is 7.20. The second kappa shape index (κ2) is 20.9. The number of esters is 1. The van der Waals surface area contributed by atoms with Gasteiger partial charge in [0.25, 0.3) is 0 Å². The molecule has 0 bridgehead atoms. The summed E-state index contributed by atoms with van der Waals surface area (Å²) in [5.41, 5.74) is 3.96. The Morgan fingerprint density at radius 3 is 2.25 bits per heavy atom. The number of aliphatic imine (C=N–C) groups is 1. The lowest BCUT2D eigenvalue weighted by molar-refractivity contribution is -0.142. The molecule has 0 N–H and O–H groups in total. The minimum Gasteiger partial charge on any atom is -0.466 e. The summed E-state index contributed by atoms with van der Waals surface area (Å²) >= 11 is 6.03. The lowest BCUT2D eigenvalue weighted by atomic mass is 10.1. The fourth-order valence-corrected chi connectivity index (χ4v) is 2.77. The number of ether oxygens (including phenoxy) is 1. The molecule has 2 aromatic rings. The highest BCUT2D eigenvalue weighted by Crippen LogP contribution is 2.35. The van der Waals surface area contributed by atoms with Crippen LogP contribution in [0.15, 0.2) is 23.2 Å². The first-order valence-electron chi connectivity index (χ1n) is 12.1. The minimum absolute atomic E-state index is 0.123. The average molecular weight is 514 g/mol. The standard InChI is InChI=1S/C17H18ClN5.C5H10O2.C4H6.C2H6/c1-5-8-20-15-12(3)21-17(18)22-16(15)23(4)14-7-6-13(10-19)9-11(14)2;1-3-5(6)7-4-2;1-3-4-2;1-2/h6-9H,5H2,1-4H3;3-4H2,1-2H3;1H,4H2,2H3;1-2H3. The third-order valence-electron chi connectivity index (χ3n) is 4.22. The Morgan fingerprint density at radius 1 is 1.22 bits per heavy atom. The molecule has 36 heavy (non-hydrogen) atoms. The summed E-state index contributed by atoms with van der Waals surface area (Å²) in [6.45, 7) is 15.8. The number of aromatic nitrogens is 2. The van der Waals surface area contributed by atoms with Crippen LogP contribution in [0.2, 0.25) is 5.28 Å². The van der Waals surface area contributed by atoms with E-state index in [1.807, 2.05) is 71.8 Å². The van der Waals surface area contributed by atoms with E-state index in [2.05, 4.69) is 31.7 Å². The number of nitriles is 1. The summed E-state index contributed by atoms with van der Waals surface area (Å²) in [7, 11) is 1.90. The van der Waals surface area contributed by atoms with Gasteiger partial charge in [-0.2, -0.15) is 10.2 Å². The summed E-state index contributed by atoms with van der Waals surface area (Å²) in [6, 6.07) is 7.66. The molecule has 0 aliphatic carbocycles. The van der Waals surface area contributed by atoms with Crippen LogP contribution in [-0.4, -0.2) is 35.8 Å². The number of hydrogen-bond donors (Lipinski definition) is 0. The number of aryl methyl sites for hydroxylation is 2. The predicted octanol–water partition coefficient (Wildman–Crippen LogP) is 7.51. The predicted molar refractivity (Wildman–Crippen MR) is 152 cm³/mol. The smallest absolute Gasteiger partial charge is 0.305 e. The molecule has 7 nitrogen and oxygen atoms in total. The molecule has 0 atom stereocenters. The normalized spacial score (nSPS) is 9.22. The zero-order valence-corrected chi connectivity index (χ0v) is 23.9. The molecule has 1 aromatic heterocycles. The van der Waals surface area contributed by atoms with Crippen LogP contribution < -0.4 is 4.90 Å².